The van der Waals surface area contributed by atoms with E-state index in [1.54, 1.807) is 0 Å². The van der Waals surface area contributed by atoms with Gasteiger partial charge in [-0.25, -0.2) is 4.68 Å². The van der Waals surface area contributed by atoms with Crippen LogP contribution < -0.4 is 5.73 Å². The molecule has 5 heteroatoms. The van der Waals surface area contributed by atoms with Crippen LogP contribution in [0.3, 0.4) is 0 Å². The Morgan fingerprint density at radius 1 is 1.40 bits per heavy atom. The predicted octanol–water partition coefficient (Wildman–Crippen LogP) is 0.633. The number of hydrogen-bond donors (Lipinski definition) is 2. The van der Waals surface area contributed by atoms with Crippen molar-refractivity contribution in [3.63, 3.8) is 0 Å². The fourth-order valence-corrected chi connectivity index (χ4v) is 1.67. The molecule has 1 aromatic rings. The highest BCUT2D eigenvalue weighted by atomic mass is 16.2. The smallest absolute Gasteiger partial charge is 0.0997 e. The van der Waals surface area contributed by atoms with Crippen molar-refractivity contribution < 1.29 is 5.11 Å². The number of aliphatic hydroxyl groups excluding tert-OH is 1. The van der Waals surface area contributed by atoms with Gasteiger partial charge in [0.05, 0.1) is 11.4 Å². The quantitative estimate of drug-likeness (QED) is 0.678. The van der Waals surface area contributed by atoms with Gasteiger partial charge in [0.2, 0.25) is 0 Å². The molecule has 1 rings (SSSR count). The molecule has 0 radical (unpaired) electrons. The van der Waals surface area contributed by atoms with Crippen LogP contribution >= 0.6 is 0 Å². The van der Waals surface area contributed by atoms with E-state index in [0.29, 0.717) is 12.5 Å². The summed E-state index contributed by atoms with van der Waals surface area (Å²) in [6.07, 6.45) is 1.72. The number of hydrogen-bond acceptors (Lipinski definition) is 4. The lowest BCUT2D eigenvalue weighted by molar-refractivity contribution is 0.279. The molecule has 5 nitrogen and oxygen atoms in total. The maximum Gasteiger partial charge on any atom is 0.0997 e. The van der Waals surface area contributed by atoms with Gasteiger partial charge in [0.1, 0.15) is 0 Å². The van der Waals surface area contributed by atoms with Crippen molar-refractivity contribution in [2.45, 2.75) is 45.7 Å². The molecule has 0 aliphatic carbocycles. The summed E-state index contributed by atoms with van der Waals surface area (Å²) in [5, 5.41) is 16.9. The summed E-state index contributed by atoms with van der Waals surface area (Å²) in [4.78, 5) is 0. The molecule has 1 heterocycles. The monoisotopic (exact) mass is 212 g/mol. The van der Waals surface area contributed by atoms with Gasteiger partial charge in [-0.05, 0) is 18.8 Å². The van der Waals surface area contributed by atoms with Gasteiger partial charge in [-0.2, -0.15) is 0 Å². The first-order valence-corrected chi connectivity index (χ1v) is 5.43. The van der Waals surface area contributed by atoms with Crippen molar-refractivity contribution in [2.75, 3.05) is 6.61 Å². The van der Waals surface area contributed by atoms with Crippen molar-refractivity contribution in [3.8, 4) is 0 Å². The van der Waals surface area contributed by atoms with Crippen molar-refractivity contribution in [2.24, 2.45) is 5.73 Å². The molecule has 0 atom stereocenters. The van der Waals surface area contributed by atoms with Crippen molar-refractivity contribution >= 4 is 0 Å². The molecule has 0 saturated carbocycles. The zero-order chi connectivity index (χ0) is 11.3. The molecule has 0 saturated heterocycles. The Morgan fingerprint density at radius 2 is 2.13 bits per heavy atom. The van der Waals surface area contributed by atoms with E-state index in [9.17, 15) is 0 Å². The molecule has 86 valence electrons. The molecule has 0 aromatic carbocycles. The second kappa shape index (κ2) is 5.82. The summed E-state index contributed by atoms with van der Waals surface area (Å²) in [6, 6.07) is 0. The SMILES string of the molecule is CC(C)c1c(CN)nnn1CCCCO. The van der Waals surface area contributed by atoms with Crippen LogP contribution in [0.2, 0.25) is 0 Å². The minimum atomic E-state index is 0.232. The maximum atomic E-state index is 8.71. The number of unbranched alkanes of at least 4 members (excludes halogenated alkanes) is 1. The third-order valence-electron chi connectivity index (χ3n) is 2.37. The molecular weight excluding hydrogens is 192 g/mol. The highest BCUT2D eigenvalue weighted by molar-refractivity contribution is 5.13. The lowest BCUT2D eigenvalue weighted by atomic mass is 10.1. The Bertz CT molecular complexity index is 296. The van der Waals surface area contributed by atoms with Gasteiger partial charge in [0.15, 0.2) is 0 Å². The van der Waals surface area contributed by atoms with Crippen LogP contribution in [-0.2, 0) is 13.1 Å². The van der Waals surface area contributed by atoms with Gasteiger partial charge in [-0.1, -0.05) is 19.1 Å². The summed E-state index contributed by atoms with van der Waals surface area (Å²) in [6.45, 7) is 5.70. The van der Waals surface area contributed by atoms with Crippen LogP contribution in [0.5, 0.6) is 0 Å². The van der Waals surface area contributed by atoms with Gasteiger partial charge in [-0.3, -0.25) is 0 Å². The van der Waals surface area contributed by atoms with Gasteiger partial charge < -0.3 is 10.8 Å². The molecule has 1 aromatic heterocycles. The first-order valence-electron chi connectivity index (χ1n) is 5.43. The number of aromatic nitrogens is 3. The van der Waals surface area contributed by atoms with E-state index in [-0.39, 0.29) is 6.61 Å². The van der Waals surface area contributed by atoms with Crippen molar-refractivity contribution in [3.05, 3.63) is 11.4 Å². The molecule has 15 heavy (non-hydrogen) atoms. The summed E-state index contributed by atoms with van der Waals surface area (Å²) >= 11 is 0. The first kappa shape index (κ1) is 12.1. The third kappa shape index (κ3) is 3.00. The van der Waals surface area contributed by atoms with E-state index >= 15 is 0 Å². The molecule has 0 aliphatic heterocycles. The highest BCUT2D eigenvalue weighted by Crippen LogP contribution is 2.17. The van der Waals surface area contributed by atoms with Crippen LogP contribution in [0.25, 0.3) is 0 Å². The van der Waals surface area contributed by atoms with Crippen molar-refractivity contribution in [1.82, 2.24) is 15.0 Å². The van der Waals surface area contributed by atoms with Gasteiger partial charge in [0, 0.05) is 19.7 Å². The Hall–Kier alpha value is -0.940. The maximum absolute atomic E-state index is 8.71. The summed E-state index contributed by atoms with van der Waals surface area (Å²) in [5.74, 6) is 0.382. The summed E-state index contributed by atoms with van der Waals surface area (Å²) in [5.41, 5.74) is 7.60. The standard InChI is InChI=1S/C10H20N4O/c1-8(2)10-9(7-11)12-13-14(10)5-3-4-6-15/h8,15H,3-7,11H2,1-2H3. The molecule has 0 unspecified atom stereocenters. The number of aliphatic hydroxyl groups is 1. The molecule has 3 N–H and O–H groups in total. The number of nitrogens with two attached hydrogens (primary N) is 1. The van der Waals surface area contributed by atoms with E-state index < -0.39 is 0 Å². The Kier molecular flexibility index (Phi) is 4.71. The molecule has 0 bridgehead atoms. The molecule has 0 amide bonds. The topological polar surface area (TPSA) is 77.0 Å². The van der Waals surface area contributed by atoms with Crippen LogP contribution in [0.15, 0.2) is 0 Å². The zero-order valence-electron chi connectivity index (χ0n) is 9.48. The second-order valence-corrected chi connectivity index (χ2v) is 3.93. The normalized spacial score (nSPS) is 11.3. The minimum Gasteiger partial charge on any atom is -0.396 e. The van der Waals surface area contributed by atoms with Gasteiger partial charge in [0.25, 0.3) is 0 Å². The van der Waals surface area contributed by atoms with E-state index in [1.807, 2.05) is 4.68 Å². The molecule has 0 fully saturated rings. The van der Waals surface area contributed by atoms with E-state index in [0.717, 1.165) is 30.8 Å². The Morgan fingerprint density at radius 3 is 2.67 bits per heavy atom. The first-order chi connectivity index (χ1) is 7.20. The van der Waals surface area contributed by atoms with E-state index in [2.05, 4.69) is 24.2 Å². The number of aryl methyl sites for hydroxylation is 1. The lowest BCUT2D eigenvalue weighted by Crippen LogP contribution is -2.09. The average molecular weight is 212 g/mol. The van der Waals surface area contributed by atoms with Crippen molar-refractivity contribution in [1.29, 1.82) is 0 Å². The summed E-state index contributed by atoms with van der Waals surface area (Å²) < 4.78 is 1.91. The highest BCUT2D eigenvalue weighted by Gasteiger charge is 2.14. The predicted molar refractivity (Wildman–Crippen MR) is 58.3 cm³/mol. The van der Waals surface area contributed by atoms with Crippen LogP contribution in [0.1, 0.15) is 44.0 Å². The fraction of sp³-hybridized carbons (Fsp3) is 0.800. The van der Waals surface area contributed by atoms with E-state index in [1.165, 1.54) is 0 Å². The molecular formula is C10H20N4O. The average Bonchev–Trinajstić information content (AvgIpc) is 2.61. The van der Waals surface area contributed by atoms with Crippen LogP contribution in [0, 0.1) is 0 Å². The van der Waals surface area contributed by atoms with Crippen LogP contribution in [0.4, 0.5) is 0 Å². The fourth-order valence-electron chi connectivity index (χ4n) is 1.67. The number of rotatable bonds is 6. The Balaban J connectivity index is 2.73. The summed E-state index contributed by atoms with van der Waals surface area (Å²) in [7, 11) is 0. The third-order valence-corrected chi connectivity index (χ3v) is 2.37. The van der Waals surface area contributed by atoms with E-state index in [4.69, 9.17) is 10.8 Å². The molecule has 0 spiro atoms. The Labute approximate surface area is 90.3 Å². The van der Waals surface area contributed by atoms with Gasteiger partial charge in [-0.15, -0.1) is 5.10 Å². The lowest BCUT2D eigenvalue weighted by Gasteiger charge is -2.09. The number of nitrogens with zero attached hydrogens (tertiary/aromatic N) is 3. The van der Waals surface area contributed by atoms with Gasteiger partial charge >= 0.3 is 0 Å². The largest absolute Gasteiger partial charge is 0.396 e. The molecule has 0 aliphatic rings. The zero-order valence-corrected chi connectivity index (χ0v) is 9.48. The van der Waals surface area contributed by atoms with Crippen LogP contribution in [-0.4, -0.2) is 26.7 Å². The second-order valence-electron chi connectivity index (χ2n) is 3.93. The minimum absolute atomic E-state index is 0.232.